The Morgan fingerprint density at radius 3 is 1.88 bits per heavy atom. The Morgan fingerprint density at radius 2 is 1.50 bits per heavy atom. The molecule has 0 radical (unpaired) electrons. The van der Waals surface area contributed by atoms with Crippen LogP contribution in [-0.4, -0.2) is 22.6 Å². The summed E-state index contributed by atoms with van der Waals surface area (Å²) in [6, 6.07) is 5.94. The zero-order valence-corrected chi connectivity index (χ0v) is 7.67. The van der Waals surface area contributed by atoms with Crippen molar-refractivity contribution in [2.24, 2.45) is 0 Å². The first-order valence-electron chi connectivity index (χ1n) is 4.03. The van der Waals surface area contributed by atoms with Crippen molar-refractivity contribution in [2.75, 3.05) is 0 Å². The molecule has 16 heavy (non-hydrogen) atoms. The van der Waals surface area contributed by atoms with Gasteiger partial charge in [-0.1, -0.05) is 18.2 Å². The van der Waals surface area contributed by atoms with Crippen LogP contribution in [0.25, 0.3) is 5.53 Å². The van der Waals surface area contributed by atoms with Gasteiger partial charge in [0.2, 0.25) is 0 Å². The molecule has 0 fully saturated rings. The molecule has 0 amide bonds. The van der Waals surface area contributed by atoms with Gasteiger partial charge in [0.05, 0.1) is 5.56 Å². The lowest BCUT2D eigenvalue weighted by atomic mass is 10.0. The minimum Gasteiger partial charge on any atom is -0.361 e. The van der Waals surface area contributed by atoms with Gasteiger partial charge in [-0.3, -0.25) is 0 Å². The Kier molecular flexibility index (Phi) is 3.09. The fourth-order valence-corrected chi connectivity index (χ4v) is 1.03. The molecule has 0 aliphatic heterocycles. The van der Waals surface area contributed by atoms with Crippen LogP contribution in [0.4, 0.5) is 22.0 Å². The van der Waals surface area contributed by atoms with Gasteiger partial charge in [0.25, 0.3) is 0 Å². The van der Waals surface area contributed by atoms with E-state index in [-0.39, 0.29) is 0 Å². The molecule has 7 heteroatoms. The number of benzene rings is 1. The molecule has 0 N–H and O–H groups in total. The highest BCUT2D eigenvalue weighted by Gasteiger charge is 2.66. The Hall–Kier alpha value is -1.75. The van der Waals surface area contributed by atoms with Crippen LogP contribution in [0.5, 0.6) is 0 Å². The lowest BCUT2D eigenvalue weighted by molar-refractivity contribution is -0.258. The standard InChI is InChI=1S/C9H5F5N2/c10-8(11,9(12,13)14)7(16-15)6-4-2-1-3-5-6/h1-5H. The van der Waals surface area contributed by atoms with E-state index < -0.39 is 23.4 Å². The van der Waals surface area contributed by atoms with E-state index in [0.29, 0.717) is 0 Å². The molecule has 0 aromatic heterocycles. The summed E-state index contributed by atoms with van der Waals surface area (Å²) in [5, 5.41) is 0. The van der Waals surface area contributed by atoms with Crippen LogP contribution in [0, 0.1) is 0 Å². The summed E-state index contributed by atoms with van der Waals surface area (Å²) in [6.45, 7) is 0. The number of halogens is 5. The van der Waals surface area contributed by atoms with E-state index >= 15 is 0 Å². The van der Waals surface area contributed by atoms with Crippen molar-refractivity contribution >= 4 is 5.71 Å². The van der Waals surface area contributed by atoms with E-state index in [1.165, 1.54) is 18.2 Å². The monoisotopic (exact) mass is 236 g/mol. The molecule has 0 aliphatic carbocycles. The highest BCUT2D eigenvalue weighted by Crippen LogP contribution is 2.37. The van der Waals surface area contributed by atoms with Crippen molar-refractivity contribution in [3.8, 4) is 0 Å². The molecule has 0 unspecified atom stereocenters. The fraction of sp³-hybridized carbons (Fsp3) is 0.222. The maximum Gasteiger partial charge on any atom is 0.466 e. The molecule has 0 heterocycles. The number of hydrogen-bond acceptors (Lipinski definition) is 0. The Balaban J connectivity index is 3.27. The highest BCUT2D eigenvalue weighted by atomic mass is 19.4. The summed E-state index contributed by atoms with van der Waals surface area (Å²) in [5.74, 6) is -5.19. The zero-order valence-electron chi connectivity index (χ0n) is 7.67. The van der Waals surface area contributed by atoms with Gasteiger partial charge >= 0.3 is 17.8 Å². The van der Waals surface area contributed by atoms with E-state index in [2.05, 4.69) is 0 Å². The second kappa shape index (κ2) is 4.02. The van der Waals surface area contributed by atoms with E-state index in [1.54, 1.807) is 0 Å². The molecule has 0 atom stereocenters. The summed E-state index contributed by atoms with van der Waals surface area (Å²) in [5.41, 5.74) is 6.07. The predicted octanol–water partition coefficient (Wildman–Crippen LogP) is 2.90. The van der Waals surface area contributed by atoms with E-state index in [0.717, 1.165) is 12.1 Å². The molecule has 1 rings (SSSR count). The van der Waals surface area contributed by atoms with Crippen LogP contribution in [-0.2, 0) is 0 Å². The lowest BCUT2D eigenvalue weighted by Gasteiger charge is -2.15. The molecule has 1 aromatic rings. The fourth-order valence-electron chi connectivity index (χ4n) is 1.03. The molecule has 1 aromatic carbocycles. The summed E-state index contributed by atoms with van der Waals surface area (Å²) in [4.78, 5) is 2.04. The first kappa shape index (κ1) is 12.3. The first-order chi connectivity index (χ1) is 7.30. The van der Waals surface area contributed by atoms with E-state index in [1.807, 2.05) is 4.79 Å². The van der Waals surface area contributed by atoms with Gasteiger partial charge in [0.15, 0.2) is 0 Å². The average Bonchev–Trinajstić information content (AvgIpc) is 2.18. The van der Waals surface area contributed by atoms with Crippen molar-refractivity contribution < 1.29 is 26.7 Å². The highest BCUT2D eigenvalue weighted by molar-refractivity contribution is 6.02. The first-order valence-corrected chi connectivity index (χ1v) is 4.03. The van der Waals surface area contributed by atoms with Crippen molar-refractivity contribution in [2.45, 2.75) is 12.1 Å². The second-order valence-corrected chi connectivity index (χ2v) is 2.89. The number of rotatable bonds is 2. The molecular formula is C9H5F5N2. The Labute approximate surface area is 86.9 Å². The van der Waals surface area contributed by atoms with Gasteiger partial charge in [0.1, 0.15) is 0 Å². The van der Waals surface area contributed by atoms with Crippen LogP contribution >= 0.6 is 0 Å². The molecule has 0 saturated heterocycles. The maximum absolute atomic E-state index is 12.9. The number of hydrogen-bond donors (Lipinski definition) is 0. The molecule has 2 nitrogen and oxygen atoms in total. The molecule has 0 saturated carbocycles. The van der Waals surface area contributed by atoms with Gasteiger partial charge in [-0.15, -0.1) is 0 Å². The minimum absolute atomic E-state index is 0.493. The smallest absolute Gasteiger partial charge is 0.361 e. The van der Waals surface area contributed by atoms with Gasteiger partial charge < -0.3 is 5.53 Å². The summed E-state index contributed by atoms with van der Waals surface area (Å²) >= 11 is 0. The average molecular weight is 236 g/mol. The normalized spacial score (nSPS) is 12.1. The van der Waals surface area contributed by atoms with Gasteiger partial charge in [-0.2, -0.15) is 26.7 Å². The SMILES string of the molecule is [N-]=[N+]=C(c1ccccc1)C(F)(F)C(F)(F)F. The van der Waals surface area contributed by atoms with Crippen LogP contribution in [0.2, 0.25) is 0 Å². The molecule has 0 bridgehead atoms. The largest absolute Gasteiger partial charge is 0.466 e. The third-order valence-corrected chi connectivity index (χ3v) is 1.80. The minimum atomic E-state index is -5.80. The summed E-state index contributed by atoms with van der Waals surface area (Å²) < 4.78 is 61.8. The molecular weight excluding hydrogens is 231 g/mol. The van der Waals surface area contributed by atoms with E-state index in [4.69, 9.17) is 5.53 Å². The topological polar surface area (TPSA) is 36.4 Å². The summed E-state index contributed by atoms with van der Waals surface area (Å²) in [7, 11) is 0. The van der Waals surface area contributed by atoms with Crippen molar-refractivity contribution in [1.82, 2.24) is 0 Å². The van der Waals surface area contributed by atoms with Crippen molar-refractivity contribution in [1.29, 1.82) is 0 Å². The predicted molar refractivity (Wildman–Crippen MR) is 45.2 cm³/mol. The quantitative estimate of drug-likeness (QED) is 0.327. The van der Waals surface area contributed by atoms with Crippen molar-refractivity contribution in [3.63, 3.8) is 0 Å². The third-order valence-electron chi connectivity index (χ3n) is 1.80. The van der Waals surface area contributed by atoms with Crippen LogP contribution in [0.15, 0.2) is 30.3 Å². The maximum atomic E-state index is 12.9. The second-order valence-electron chi connectivity index (χ2n) is 2.89. The summed E-state index contributed by atoms with van der Waals surface area (Å²) in [6.07, 6.45) is -5.80. The van der Waals surface area contributed by atoms with Gasteiger partial charge in [-0.25, -0.2) is 0 Å². The van der Waals surface area contributed by atoms with E-state index in [9.17, 15) is 22.0 Å². The Morgan fingerprint density at radius 1 is 1.00 bits per heavy atom. The number of nitrogens with zero attached hydrogens (tertiary/aromatic N) is 2. The number of alkyl halides is 5. The lowest BCUT2D eigenvalue weighted by Crippen LogP contribution is -2.45. The molecule has 86 valence electrons. The molecule has 0 spiro atoms. The van der Waals surface area contributed by atoms with Gasteiger partial charge in [0, 0.05) is 0 Å². The van der Waals surface area contributed by atoms with Crippen LogP contribution < -0.4 is 0 Å². The zero-order chi connectivity index (χ0) is 12.4. The van der Waals surface area contributed by atoms with Crippen LogP contribution in [0.1, 0.15) is 5.56 Å². The molecule has 0 aliphatic rings. The van der Waals surface area contributed by atoms with Crippen LogP contribution in [0.3, 0.4) is 0 Å². The van der Waals surface area contributed by atoms with Gasteiger partial charge in [-0.05, 0) is 12.1 Å². The van der Waals surface area contributed by atoms with Crippen molar-refractivity contribution in [3.05, 3.63) is 41.4 Å². The Bertz CT molecular complexity index is 417. The third kappa shape index (κ3) is 2.09.